The molecule has 0 radical (unpaired) electrons. The van der Waals surface area contributed by atoms with Crippen LogP contribution in [0, 0.1) is 10.1 Å². The third-order valence-corrected chi connectivity index (χ3v) is 8.06. The van der Waals surface area contributed by atoms with Crippen LogP contribution < -0.4 is 5.32 Å². The first-order valence-corrected chi connectivity index (χ1v) is 12.3. The van der Waals surface area contributed by atoms with Gasteiger partial charge in [0.2, 0.25) is 5.91 Å². The van der Waals surface area contributed by atoms with Crippen LogP contribution in [-0.4, -0.2) is 61.4 Å². The minimum Gasteiger partial charge on any atom is -0.351 e. The Bertz CT molecular complexity index is 985. The number of nitrogens with zero attached hydrogens (tertiary/aromatic N) is 1. The first-order valence-electron chi connectivity index (χ1n) is 7.26. The number of amides is 1. The fraction of sp³-hybridized carbons (Fsp3) is 0.462. The van der Waals surface area contributed by atoms with Crippen LogP contribution >= 0.6 is 0 Å². The number of carbonyl (C=O) groups excluding carboxylic acids is 1. The Balaban J connectivity index is 2.23. The highest BCUT2D eigenvalue weighted by Crippen LogP contribution is 2.27. The molecule has 1 aromatic carbocycles. The van der Waals surface area contributed by atoms with E-state index in [4.69, 9.17) is 0 Å². The van der Waals surface area contributed by atoms with Gasteiger partial charge in [-0.1, -0.05) is 0 Å². The molecule has 2 unspecified atom stereocenters. The van der Waals surface area contributed by atoms with E-state index in [0.717, 1.165) is 12.1 Å². The summed E-state index contributed by atoms with van der Waals surface area (Å²) in [4.78, 5) is 21.6. The van der Waals surface area contributed by atoms with E-state index in [1.165, 1.54) is 12.3 Å². The highest BCUT2D eigenvalue weighted by molar-refractivity contribution is 7.92. The van der Waals surface area contributed by atoms with Gasteiger partial charge in [0.1, 0.15) is 10.6 Å². The van der Waals surface area contributed by atoms with E-state index >= 15 is 0 Å². The molecule has 0 bridgehead atoms. The van der Waals surface area contributed by atoms with Gasteiger partial charge in [-0.2, -0.15) is 0 Å². The minimum absolute atomic E-state index is 0.0799. The van der Waals surface area contributed by atoms with Gasteiger partial charge in [-0.3, -0.25) is 19.1 Å². The van der Waals surface area contributed by atoms with Crippen molar-refractivity contribution >= 4 is 42.1 Å². The molecule has 1 aromatic rings. The zero-order valence-corrected chi connectivity index (χ0v) is 16.0. The summed E-state index contributed by atoms with van der Waals surface area (Å²) in [7, 11) is -9.15. The quantitative estimate of drug-likeness (QED) is 0.469. The average molecular weight is 424 g/mol. The second-order valence-electron chi connectivity index (χ2n) is 5.77. The van der Waals surface area contributed by atoms with Crippen LogP contribution in [0.5, 0.6) is 0 Å². The molecule has 1 saturated heterocycles. The molecule has 1 fully saturated rings. The van der Waals surface area contributed by atoms with E-state index in [-0.39, 0.29) is 22.8 Å². The maximum absolute atomic E-state index is 12.4. The molecule has 144 valence electrons. The van der Waals surface area contributed by atoms with Crippen LogP contribution in [0.15, 0.2) is 28.0 Å². The Morgan fingerprint density at radius 2 is 2.08 bits per heavy atom. The van der Waals surface area contributed by atoms with Crippen molar-refractivity contribution in [2.45, 2.75) is 22.3 Å². The molecule has 0 aliphatic carbocycles. The van der Waals surface area contributed by atoms with Crippen molar-refractivity contribution in [2.24, 2.45) is 0 Å². The molecule has 1 N–H and O–H groups in total. The number of hydrogen-bond acceptors (Lipinski definition) is 8. The van der Waals surface area contributed by atoms with Gasteiger partial charge in [0.25, 0.3) is 5.69 Å². The van der Waals surface area contributed by atoms with Gasteiger partial charge in [0, 0.05) is 23.3 Å². The first kappa shape index (κ1) is 20.5. The van der Waals surface area contributed by atoms with Gasteiger partial charge in [-0.25, -0.2) is 16.8 Å². The highest BCUT2D eigenvalue weighted by Gasteiger charge is 2.32. The summed E-state index contributed by atoms with van der Waals surface area (Å²) in [6.45, 7) is 0. The Hall–Kier alpha value is -1.86. The molecule has 0 spiro atoms. The number of nitrogens with one attached hydrogen (secondary N) is 1. The lowest BCUT2D eigenvalue weighted by Crippen LogP contribution is -2.39. The van der Waals surface area contributed by atoms with Crippen LogP contribution in [-0.2, 0) is 35.3 Å². The van der Waals surface area contributed by atoms with Crippen molar-refractivity contribution in [3.8, 4) is 0 Å². The SMILES string of the molecule is CS(=O)c1ccc(S(=O)(=O)CC(=O)NC2CCS(=O)(=O)C2)c([N+](=O)[O-])c1. The molecular formula is C13H16N2O8S3. The summed E-state index contributed by atoms with van der Waals surface area (Å²) < 4.78 is 58.9. The third kappa shape index (κ3) is 4.86. The second kappa shape index (κ2) is 7.40. The summed E-state index contributed by atoms with van der Waals surface area (Å²) in [5.41, 5.74) is -0.769. The number of rotatable bonds is 6. The lowest BCUT2D eigenvalue weighted by atomic mass is 10.3. The Morgan fingerprint density at radius 3 is 2.58 bits per heavy atom. The Kier molecular flexibility index (Phi) is 5.82. The van der Waals surface area contributed by atoms with Crippen molar-refractivity contribution in [3.05, 3.63) is 28.3 Å². The molecule has 1 aliphatic heterocycles. The normalized spacial score (nSPS) is 20.4. The van der Waals surface area contributed by atoms with Crippen molar-refractivity contribution in [3.63, 3.8) is 0 Å². The molecular weight excluding hydrogens is 408 g/mol. The van der Waals surface area contributed by atoms with Crippen LogP contribution in [0.3, 0.4) is 0 Å². The van der Waals surface area contributed by atoms with Gasteiger partial charge >= 0.3 is 0 Å². The standard InChI is InChI=1S/C13H16N2O8S3/c1-24(19)10-2-3-12(11(6-10)15(17)18)26(22,23)8-13(16)14-9-4-5-25(20,21)7-9/h2-3,6,9H,4-5,7-8H2,1H3,(H,14,16). The van der Waals surface area contributed by atoms with Gasteiger partial charge in [-0.15, -0.1) is 0 Å². The minimum atomic E-state index is -4.35. The molecule has 2 rings (SSSR count). The van der Waals surface area contributed by atoms with E-state index in [1.807, 2.05) is 0 Å². The average Bonchev–Trinajstić information content (AvgIpc) is 2.84. The molecule has 2 atom stereocenters. The molecule has 13 heteroatoms. The zero-order chi connectivity index (χ0) is 19.7. The number of carbonyl (C=O) groups is 1. The third-order valence-electron chi connectivity index (χ3n) is 3.71. The summed E-state index contributed by atoms with van der Waals surface area (Å²) in [6.07, 6.45) is 1.47. The number of hydrogen-bond donors (Lipinski definition) is 1. The molecule has 0 saturated carbocycles. The lowest BCUT2D eigenvalue weighted by molar-refractivity contribution is -0.388. The maximum atomic E-state index is 12.4. The van der Waals surface area contributed by atoms with Crippen molar-refractivity contribution in [1.82, 2.24) is 5.32 Å². The van der Waals surface area contributed by atoms with Crippen LogP contribution in [0.25, 0.3) is 0 Å². The molecule has 1 heterocycles. The maximum Gasteiger partial charge on any atom is 0.289 e. The lowest BCUT2D eigenvalue weighted by Gasteiger charge is -2.11. The predicted molar refractivity (Wildman–Crippen MR) is 92.7 cm³/mol. The van der Waals surface area contributed by atoms with Crippen molar-refractivity contribution in [2.75, 3.05) is 23.5 Å². The summed E-state index contributed by atoms with van der Waals surface area (Å²) >= 11 is 0. The van der Waals surface area contributed by atoms with E-state index in [2.05, 4.69) is 5.32 Å². The van der Waals surface area contributed by atoms with Crippen LogP contribution in [0.4, 0.5) is 5.69 Å². The number of nitro groups is 1. The van der Waals surface area contributed by atoms with Gasteiger partial charge < -0.3 is 5.32 Å². The van der Waals surface area contributed by atoms with Gasteiger partial charge in [0.15, 0.2) is 19.7 Å². The fourth-order valence-electron chi connectivity index (χ4n) is 2.51. The van der Waals surface area contributed by atoms with Crippen LogP contribution in [0.1, 0.15) is 6.42 Å². The number of benzene rings is 1. The van der Waals surface area contributed by atoms with Crippen LogP contribution in [0.2, 0.25) is 0 Å². The predicted octanol–water partition coefficient (Wildman–Crippen LogP) is -0.591. The number of sulfone groups is 2. The Morgan fingerprint density at radius 1 is 1.42 bits per heavy atom. The van der Waals surface area contributed by atoms with E-state index in [1.54, 1.807) is 0 Å². The van der Waals surface area contributed by atoms with Gasteiger partial charge in [0.05, 0.1) is 27.2 Å². The molecule has 26 heavy (non-hydrogen) atoms. The fourth-order valence-corrected chi connectivity index (χ4v) is 6.03. The number of nitro benzene ring substituents is 1. The molecule has 10 nitrogen and oxygen atoms in total. The van der Waals surface area contributed by atoms with Crippen molar-refractivity contribution < 1.29 is 30.8 Å². The van der Waals surface area contributed by atoms with E-state index in [0.29, 0.717) is 0 Å². The van der Waals surface area contributed by atoms with Gasteiger partial charge in [-0.05, 0) is 18.6 Å². The summed E-state index contributed by atoms with van der Waals surface area (Å²) in [6, 6.07) is 2.34. The highest BCUT2D eigenvalue weighted by atomic mass is 32.2. The second-order valence-corrected chi connectivity index (χ2v) is 11.3. The Labute approximate surface area is 152 Å². The summed E-state index contributed by atoms with van der Waals surface area (Å²) in [5.74, 6) is -2.36. The molecule has 1 aliphatic rings. The van der Waals surface area contributed by atoms with Crippen molar-refractivity contribution in [1.29, 1.82) is 0 Å². The molecule has 1 amide bonds. The van der Waals surface area contributed by atoms with E-state index in [9.17, 15) is 36.0 Å². The summed E-state index contributed by atoms with van der Waals surface area (Å²) in [5, 5.41) is 13.5. The zero-order valence-electron chi connectivity index (χ0n) is 13.6. The van der Waals surface area contributed by atoms with E-state index < -0.39 is 63.7 Å². The monoisotopic (exact) mass is 424 g/mol. The topological polar surface area (TPSA) is 158 Å². The largest absolute Gasteiger partial charge is 0.351 e. The smallest absolute Gasteiger partial charge is 0.289 e. The first-order chi connectivity index (χ1) is 11.9. The molecule has 0 aromatic heterocycles.